The van der Waals surface area contributed by atoms with Crippen molar-refractivity contribution in [3.8, 4) is 0 Å². The highest BCUT2D eigenvalue weighted by atomic mass is 79.9. The van der Waals surface area contributed by atoms with Gasteiger partial charge in [0.05, 0.1) is 0 Å². The minimum absolute atomic E-state index is 0.103. The fourth-order valence-corrected chi connectivity index (χ4v) is 3.18. The second-order valence-electron chi connectivity index (χ2n) is 5.20. The van der Waals surface area contributed by atoms with Crippen LogP contribution in [0.2, 0.25) is 0 Å². The Labute approximate surface area is 123 Å². The molecule has 1 aliphatic rings. The van der Waals surface area contributed by atoms with Gasteiger partial charge in [-0.3, -0.25) is 4.79 Å². The van der Waals surface area contributed by atoms with Crippen LogP contribution in [0.1, 0.15) is 36.5 Å². The highest BCUT2D eigenvalue weighted by Gasteiger charge is 2.30. The zero-order chi connectivity index (χ0) is 13.8. The molecule has 2 atom stereocenters. The predicted octanol–water partition coefficient (Wildman–Crippen LogP) is 3.04. The summed E-state index contributed by atoms with van der Waals surface area (Å²) in [4.78, 5) is 14.5. The Morgan fingerprint density at radius 3 is 2.95 bits per heavy atom. The van der Waals surface area contributed by atoms with Crippen LogP contribution in [0.25, 0.3) is 0 Å². The van der Waals surface area contributed by atoms with E-state index in [0.717, 1.165) is 29.4 Å². The van der Waals surface area contributed by atoms with Crippen molar-refractivity contribution in [3.05, 3.63) is 34.3 Å². The SMILES string of the molecule is CCC1CCN(C(=O)c2cccc(Br)c2)C(CN)C1. The number of carbonyl (C=O) groups excluding carboxylic acids is 1. The summed E-state index contributed by atoms with van der Waals surface area (Å²) >= 11 is 3.41. The van der Waals surface area contributed by atoms with Crippen molar-refractivity contribution >= 4 is 21.8 Å². The zero-order valence-electron chi connectivity index (χ0n) is 11.3. The molecule has 1 aromatic rings. The van der Waals surface area contributed by atoms with Gasteiger partial charge in [0.1, 0.15) is 0 Å². The molecular weight excluding hydrogens is 304 g/mol. The van der Waals surface area contributed by atoms with Gasteiger partial charge in [0.25, 0.3) is 5.91 Å². The van der Waals surface area contributed by atoms with Crippen molar-refractivity contribution in [1.82, 2.24) is 4.90 Å². The molecule has 1 fully saturated rings. The van der Waals surface area contributed by atoms with Crippen LogP contribution >= 0.6 is 15.9 Å². The van der Waals surface area contributed by atoms with Crippen LogP contribution in [0.5, 0.6) is 0 Å². The van der Waals surface area contributed by atoms with Crippen LogP contribution in [-0.4, -0.2) is 29.9 Å². The van der Waals surface area contributed by atoms with Crippen molar-refractivity contribution in [1.29, 1.82) is 0 Å². The summed E-state index contributed by atoms with van der Waals surface area (Å²) in [5.41, 5.74) is 6.59. The van der Waals surface area contributed by atoms with E-state index < -0.39 is 0 Å². The van der Waals surface area contributed by atoms with Gasteiger partial charge in [-0.25, -0.2) is 0 Å². The van der Waals surface area contributed by atoms with E-state index in [1.807, 2.05) is 29.2 Å². The van der Waals surface area contributed by atoms with E-state index in [9.17, 15) is 4.79 Å². The summed E-state index contributed by atoms with van der Waals surface area (Å²) in [6.45, 7) is 3.59. The first-order valence-corrected chi connectivity index (χ1v) is 7.71. The molecule has 2 N–H and O–H groups in total. The van der Waals surface area contributed by atoms with Crippen LogP contribution in [0.3, 0.4) is 0 Å². The maximum atomic E-state index is 12.6. The molecule has 1 saturated heterocycles. The van der Waals surface area contributed by atoms with E-state index in [-0.39, 0.29) is 11.9 Å². The van der Waals surface area contributed by atoms with Gasteiger partial charge in [-0.2, -0.15) is 0 Å². The van der Waals surface area contributed by atoms with Gasteiger partial charge < -0.3 is 10.6 Å². The van der Waals surface area contributed by atoms with Crippen molar-refractivity contribution in [3.63, 3.8) is 0 Å². The number of piperidine rings is 1. The van der Waals surface area contributed by atoms with Crippen LogP contribution in [-0.2, 0) is 0 Å². The van der Waals surface area contributed by atoms with Crippen LogP contribution < -0.4 is 5.73 Å². The van der Waals surface area contributed by atoms with Crippen molar-refractivity contribution in [2.45, 2.75) is 32.2 Å². The molecule has 4 heteroatoms. The monoisotopic (exact) mass is 324 g/mol. The molecule has 0 radical (unpaired) electrons. The maximum Gasteiger partial charge on any atom is 0.254 e. The number of amides is 1. The summed E-state index contributed by atoms with van der Waals surface area (Å²) in [5.74, 6) is 0.811. The van der Waals surface area contributed by atoms with Crippen molar-refractivity contribution in [2.24, 2.45) is 11.7 Å². The number of benzene rings is 1. The highest BCUT2D eigenvalue weighted by Crippen LogP contribution is 2.26. The third-order valence-electron chi connectivity index (χ3n) is 4.01. The molecule has 19 heavy (non-hydrogen) atoms. The van der Waals surface area contributed by atoms with Gasteiger partial charge in [0, 0.05) is 29.2 Å². The molecule has 0 aliphatic carbocycles. The third kappa shape index (κ3) is 3.37. The number of hydrogen-bond acceptors (Lipinski definition) is 2. The standard InChI is InChI=1S/C15H21BrN2O/c1-2-11-6-7-18(14(8-11)10-17)15(19)12-4-3-5-13(16)9-12/h3-5,9,11,14H,2,6-8,10,17H2,1H3. The number of likely N-dealkylation sites (tertiary alicyclic amines) is 1. The quantitative estimate of drug-likeness (QED) is 0.928. The molecule has 0 spiro atoms. The van der Waals surface area contributed by atoms with Crippen LogP contribution in [0.4, 0.5) is 0 Å². The first-order valence-electron chi connectivity index (χ1n) is 6.92. The van der Waals surface area contributed by atoms with Crippen molar-refractivity contribution in [2.75, 3.05) is 13.1 Å². The minimum atomic E-state index is 0.103. The summed E-state index contributed by atoms with van der Waals surface area (Å²) in [5, 5.41) is 0. The molecule has 3 nitrogen and oxygen atoms in total. The minimum Gasteiger partial charge on any atom is -0.334 e. The lowest BCUT2D eigenvalue weighted by atomic mass is 9.88. The molecule has 1 amide bonds. The van der Waals surface area contributed by atoms with E-state index in [0.29, 0.717) is 12.5 Å². The Morgan fingerprint density at radius 1 is 1.53 bits per heavy atom. The first kappa shape index (κ1) is 14.5. The fraction of sp³-hybridized carbons (Fsp3) is 0.533. The average Bonchev–Trinajstić information content (AvgIpc) is 2.45. The topological polar surface area (TPSA) is 46.3 Å². The molecule has 2 rings (SSSR count). The number of nitrogens with two attached hydrogens (primary N) is 1. The molecule has 1 heterocycles. The Bertz CT molecular complexity index is 450. The molecule has 104 valence electrons. The van der Waals surface area contributed by atoms with Gasteiger partial charge >= 0.3 is 0 Å². The Kier molecular flexibility index (Phi) is 4.99. The lowest BCUT2D eigenvalue weighted by Crippen LogP contribution is -2.49. The summed E-state index contributed by atoms with van der Waals surface area (Å²) < 4.78 is 0.936. The highest BCUT2D eigenvalue weighted by molar-refractivity contribution is 9.10. The number of rotatable bonds is 3. The fourth-order valence-electron chi connectivity index (χ4n) is 2.78. The van der Waals surface area contributed by atoms with E-state index in [1.54, 1.807) is 0 Å². The van der Waals surface area contributed by atoms with E-state index in [2.05, 4.69) is 22.9 Å². The second kappa shape index (κ2) is 6.53. The lowest BCUT2D eigenvalue weighted by molar-refractivity contribution is 0.0558. The van der Waals surface area contributed by atoms with E-state index >= 15 is 0 Å². The largest absolute Gasteiger partial charge is 0.334 e. The molecule has 1 aliphatic heterocycles. The molecule has 2 unspecified atom stereocenters. The van der Waals surface area contributed by atoms with Gasteiger partial charge in [-0.1, -0.05) is 35.3 Å². The van der Waals surface area contributed by atoms with Crippen LogP contribution in [0.15, 0.2) is 28.7 Å². The van der Waals surface area contributed by atoms with Gasteiger partial charge in [-0.15, -0.1) is 0 Å². The number of nitrogens with zero attached hydrogens (tertiary/aromatic N) is 1. The average molecular weight is 325 g/mol. The molecule has 0 aromatic heterocycles. The van der Waals surface area contributed by atoms with Gasteiger partial charge in [-0.05, 0) is 37.0 Å². The first-order chi connectivity index (χ1) is 9.15. The summed E-state index contributed by atoms with van der Waals surface area (Å²) in [6.07, 6.45) is 3.30. The molecule has 0 saturated carbocycles. The molecular formula is C15H21BrN2O. The number of carbonyl (C=O) groups is 1. The molecule has 0 bridgehead atoms. The number of halogens is 1. The number of hydrogen-bond donors (Lipinski definition) is 1. The van der Waals surface area contributed by atoms with E-state index in [1.165, 1.54) is 6.42 Å². The lowest BCUT2D eigenvalue weighted by Gasteiger charge is -2.39. The third-order valence-corrected chi connectivity index (χ3v) is 4.50. The smallest absolute Gasteiger partial charge is 0.254 e. The second-order valence-corrected chi connectivity index (χ2v) is 6.11. The van der Waals surface area contributed by atoms with Crippen molar-refractivity contribution < 1.29 is 4.79 Å². The van der Waals surface area contributed by atoms with Gasteiger partial charge in [0.2, 0.25) is 0 Å². The summed E-state index contributed by atoms with van der Waals surface area (Å²) in [7, 11) is 0. The normalized spacial score (nSPS) is 23.4. The predicted molar refractivity (Wildman–Crippen MR) is 81.0 cm³/mol. The maximum absolute atomic E-state index is 12.6. The van der Waals surface area contributed by atoms with Gasteiger partial charge in [0.15, 0.2) is 0 Å². The Balaban J connectivity index is 2.14. The molecule has 1 aromatic carbocycles. The summed E-state index contributed by atoms with van der Waals surface area (Å²) in [6, 6.07) is 7.76. The van der Waals surface area contributed by atoms with Crippen LogP contribution in [0, 0.1) is 5.92 Å². The zero-order valence-corrected chi connectivity index (χ0v) is 12.9. The Morgan fingerprint density at radius 2 is 2.32 bits per heavy atom. The van der Waals surface area contributed by atoms with E-state index in [4.69, 9.17) is 5.73 Å². The Hall–Kier alpha value is -0.870.